The topological polar surface area (TPSA) is 78.9 Å². The summed E-state index contributed by atoms with van der Waals surface area (Å²) in [6.07, 6.45) is 0. The molecule has 100 valence electrons. The van der Waals surface area contributed by atoms with E-state index in [0.717, 1.165) is 18.8 Å². The van der Waals surface area contributed by atoms with Gasteiger partial charge in [0.25, 0.3) is 0 Å². The number of nitrogens with two attached hydrogens (primary N) is 1. The Morgan fingerprint density at radius 1 is 1.42 bits per heavy atom. The molecule has 3 N–H and O–H groups in total. The van der Waals surface area contributed by atoms with E-state index in [1.54, 1.807) is 0 Å². The first kappa shape index (κ1) is 14.3. The number of halogens is 1. The number of anilines is 1. The number of aromatic nitrogens is 2. The number of rotatable bonds is 4. The Bertz CT molecular complexity index is 611. The van der Waals surface area contributed by atoms with Crippen molar-refractivity contribution in [3.05, 3.63) is 28.2 Å². The van der Waals surface area contributed by atoms with Crippen LogP contribution < -0.4 is 10.6 Å². The highest BCUT2D eigenvalue weighted by Crippen LogP contribution is 2.35. The third-order valence-electron chi connectivity index (χ3n) is 2.21. The molecule has 0 saturated carbocycles. The normalized spacial score (nSPS) is 10.5. The van der Waals surface area contributed by atoms with Gasteiger partial charge in [0, 0.05) is 29.0 Å². The van der Waals surface area contributed by atoms with Gasteiger partial charge in [-0.3, -0.25) is 5.41 Å². The van der Waals surface area contributed by atoms with Crippen molar-refractivity contribution in [3.8, 4) is 0 Å². The molecule has 0 aliphatic rings. The van der Waals surface area contributed by atoms with E-state index in [9.17, 15) is 0 Å². The van der Waals surface area contributed by atoms with Gasteiger partial charge in [0.2, 0.25) is 5.13 Å². The van der Waals surface area contributed by atoms with Crippen LogP contribution in [-0.2, 0) is 0 Å². The monoisotopic (exact) mass is 357 g/mol. The fourth-order valence-corrected chi connectivity index (χ4v) is 3.53. The largest absolute Gasteiger partial charge is 0.384 e. The van der Waals surface area contributed by atoms with Gasteiger partial charge >= 0.3 is 0 Å². The van der Waals surface area contributed by atoms with Crippen LogP contribution in [0.25, 0.3) is 0 Å². The molecule has 0 amide bonds. The quantitative estimate of drug-likeness (QED) is 0.649. The molecule has 1 heterocycles. The van der Waals surface area contributed by atoms with Crippen LogP contribution in [0.15, 0.2) is 31.9 Å². The zero-order valence-corrected chi connectivity index (χ0v) is 13.6. The predicted octanol–water partition coefficient (Wildman–Crippen LogP) is 2.80. The maximum atomic E-state index is 7.61. The maximum Gasteiger partial charge on any atom is 0.208 e. The van der Waals surface area contributed by atoms with Gasteiger partial charge in [0.1, 0.15) is 5.84 Å². The van der Waals surface area contributed by atoms with Crippen LogP contribution in [0, 0.1) is 5.41 Å². The second kappa shape index (κ2) is 5.89. The van der Waals surface area contributed by atoms with Crippen molar-refractivity contribution in [3.63, 3.8) is 0 Å². The van der Waals surface area contributed by atoms with Gasteiger partial charge in [-0.05, 0) is 18.2 Å². The van der Waals surface area contributed by atoms with Gasteiger partial charge in [-0.25, -0.2) is 0 Å². The molecule has 5 nitrogen and oxygen atoms in total. The Balaban J connectivity index is 2.29. The summed E-state index contributed by atoms with van der Waals surface area (Å²) in [5.74, 6) is 0.0427. The molecule has 19 heavy (non-hydrogen) atoms. The summed E-state index contributed by atoms with van der Waals surface area (Å²) in [6, 6.07) is 5.67. The number of nitrogens with zero attached hydrogens (tertiary/aromatic N) is 3. The van der Waals surface area contributed by atoms with Crippen LogP contribution in [0.1, 0.15) is 5.56 Å². The average molecular weight is 358 g/mol. The van der Waals surface area contributed by atoms with Gasteiger partial charge in [-0.1, -0.05) is 39.0 Å². The van der Waals surface area contributed by atoms with Crippen molar-refractivity contribution in [1.82, 2.24) is 10.2 Å². The molecule has 0 bridgehead atoms. The average Bonchev–Trinajstić information content (AvgIpc) is 2.80. The molecule has 0 atom stereocenters. The Morgan fingerprint density at radius 3 is 2.74 bits per heavy atom. The Labute approximate surface area is 127 Å². The zero-order valence-electron chi connectivity index (χ0n) is 10.3. The molecule has 1 aromatic carbocycles. The lowest BCUT2D eigenvalue weighted by Crippen LogP contribution is -2.12. The Morgan fingerprint density at radius 2 is 2.16 bits per heavy atom. The van der Waals surface area contributed by atoms with Crippen LogP contribution in [0.4, 0.5) is 5.13 Å². The van der Waals surface area contributed by atoms with E-state index < -0.39 is 0 Å². The van der Waals surface area contributed by atoms with Gasteiger partial charge < -0.3 is 10.6 Å². The predicted molar refractivity (Wildman–Crippen MR) is 83.5 cm³/mol. The van der Waals surface area contributed by atoms with Crippen LogP contribution in [0.3, 0.4) is 0 Å². The fraction of sp³-hybridized carbons (Fsp3) is 0.182. The highest BCUT2D eigenvalue weighted by molar-refractivity contribution is 9.10. The molecule has 2 rings (SSSR count). The van der Waals surface area contributed by atoms with Crippen molar-refractivity contribution in [2.75, 3.05) is 19.0 Å². The molecule has 0 spiro atoms. The summed E-state index contributed by atoms with van der Waals surface area (Å²) < 4.78 is 1.72. The van der Waals surface area contributed by atoms with E-state index in [4.69, 9.17) is 11.1 Å². The minimum atomic E-state index is 0.0427. The van der Waals surface area contributed by atoms with Gasteiger partial charge in [0.05, 0.1) is 0 Å². The Kier molecular flexibility index (Phi) is 4.43. The van der Waals surface area contributed by atoms with Crippen LogP contribution in [-0.4, -0.2) is 30.1 Å². The second-order valence-electron chi connectivity index (χ2n) is 3.90. The van der Waals surface area contributed by atoms with Crippen LogP contribution in [0.5, 0.6) is 0 Å². The fourth-order valence-electron chi connectivity index (χ4n) is 1.32. The van der Waals surface area contributed by atoms with E-state index in [1.807, 2.05) is 37.2 Å². The summed E-state index contributed by atoms with van der Waals surface area (Å²) in [7, 11) is 3.85. The lowest BCUT2D eigenvalue weighted by Gasteiger charge is -2.06. The lowest BCUT2D eigenvalue weighted by molar-refractivity contribution is 0.972. The number of hydrogen-bond acceptors (Lipinski definition) is 6. The third-order valence-corrected chi connectivity index (χ3v) is 4.92. The summed E-state index contributed by atoms with van der Waals surface area (Å²) in [5.41, 5.74) is 6.29. The molecule has 2 aromatic rings. The number of nitrogens with one attached hydrogen (secondary N) is 1. The van der Waals surface area contributed by atoms with E-state index >= 15 is 0 Å². The molecule has 0 aliphatic heterocycles. The van der Waals surface area contributed by atoms with Crippen molar-refractivity contribution < 1.29 is 0 Å². The molecule has 0 unspecified atom stereocenters. The van der Waals surface area contributed by atoms with Crippen LogP contribution >= 0.6 is 39.0 Å². The molecular formula is C11H12BrN5S2. The molecule has 1 aromatic heterocycles. The van der Waals surface area contributed by atoms with E-state index in [0.29, 0.717) is 5.56 Å². The smallest absolute Gasteiger partial charge is 0.208 e. The number of hydrogen-bond donors (Lipinski definition) is 2. The first-order valence-electron chi connectivity index (χ1n) is 5.30. The van der Waals surface area contributed by atoms with Crippen molar-refractivity contribution in [2.45, 2.75) is 9.24 Å². The molecule has 8 heteroatoms. The van der Waals surface area contributed by atoms with Gasteiger partial charge in [-0.2, -0.15) is 0 Å². The van der Waals surface area contributed by atoms with E-state index in [-0.39, 0.29) is 5.84 Å². The van der Waals surface area contributed by atoms with E-state index in [2.05, 4.69) is 26.1 Å². The minimum absolute atomic E-state index is 0.0427. The minimum Gasteiger partial charge on any atom is -0.384 e. The molecule has 0 fully saturated rings. The molecular weight excluding hydrogens is 346 g/mol. The standard InChI is InChI=1S/C11H12BrN5S2/c1-17(2)10-15-16-11(19-10)18-8-4-3-6(12)5-7(8)9(13)14/h3-5H,1-2H3,(H3,13,14). The van der Waals surface area contributed by atoms with Crippen molar-refractivity contribution in [1.29, 1.82) is 5.41 Å². The van der Waals surface area contributed by atoms with Crippen molar-refractivity contribution in [2.24, 2.45) is 5.73 Å². The highest BCUT2D eigenvalue weighted by atomic mass is 79.9. The summed E-state index contributed by atoms with van der Waals surface area (Å²) in [4.78, 5) is 2.81. The zero-order chi connectivity index (χ0) is 14.0. The second-order valence-corrected chi connectivity index (χ2v) is 7.06. The molecule has 0 aliphatic carbocycles. The van der Waals surface area contributed by atoms with Gasteiger partial charge in [-0.15, -0.1) is 10.2 Å². The first-order chi connectivity index (χ1) is 8.97. The Hall–Kier alpha value is -1.12. The van der Waals surface area contributed by atoms with Gasteiger partial charge in [0.15, 0.2) is 4.34 Å². The SMILES string of the molecule is CN(C)c1nnc(Sc2ccc(Br)cc2C(=N)N)s1. The number of amidine groups is 1. The molecule has 0 saturated heterocycles. The first-order valence-corrected chi connectivity index (χ1v) is 7.72. The van der Waals surface area contributed by atoms with Crippen LogP contribution in [0.2, 0.25) is 0 Å². The maximum absolute atomic E-state index is 7.61. The lowest BCUT2D eigenvalue weighted by atomic mass is 10.2. The third kappa shape index (κ3) is 3.46. The number of benzene rings is 1. The number of nitrogen functional groups attached to an aromatic ring is 1. The highest BCUT2D eigenvalue weighted by Gasteiger charge is 2.12. The summed E-state index contributed by atoms with van der Waals surface area (Å²) in [5, 5.41) is 16.7. The summed E-state index contributed by atoms with van der Waals surface area (Å²) >= 11 is 6.35. The van der Waals surface area contributed by atoms with E-state index in [1.165, 1.54) is 23.1 Å². The molecule has 0 radical (unpaired) electrons. The summed E-state index contributed by atoms with van der Waals surface area (Å²) in [6.45, 7) is 0. The van der Waals surface area contributed by atoms with Crippen molar-refractivity contribution >= 4 is 50.0 Å².